The number of unbranched alkanes of at least 4 members (excludes halogenated alkanes) is 20. The third-order valence-electron chi connectivity index (χ3n) is 10.5. The number of hydrogen-bond donors (Lipinski definition) is 4. The highest BCUT2D eigenvalue weighted by Crippen LogP contribution is 2.43. The number of phosphoric acid groups is 1. The maximum absolute atomic E-state index is 12.3. The van der Waals surface area contributed by atoms with E-state index >= 15 is 0 Å². The Morgan fingerprint density at radius 1 is 0.500 bits per heavy atom. The van der Waals surface area contributed by atoms with Crippen LogP contribution < -0.4 is 5.32 Å². The van der Waals surface area contributed by atoms with Crippen molar-refractivity contribution in [2.45, 2.75) is 219 Å². The van der Waals surface area contributed by atoms with E-state index in [1.165, 1.54) is 103 Å². The van der Waals surface area contributed by atoms with Crippen molar-refractivity contribution in [2.24, 2.45) is 0 Å². The van der Waals surface area contributed by atoms with E-state index < -0.39 is 57.6 Å². The first-order chi connectivity index (χ1) is 31.1. The second kappa shape index (κ2) is 46.4. The van der Waals surface area contributed by atoms with Gasteiger partial charge in [-0.2, -0.15) is 0 Å². The smallest absolute Gasteiger partial charge is 0.472 e. The lowest BCUT2D eigenvalue weighted by Crippen LogP contribution is -2.43. The lowest BCUT2D eigenvalue weighted by molar-refractivity contribution is -0.147. The molecule has 11 nitrogen and oxygen atoms in total. The molecule has 0 fully saturated rings. The van der Waals surface area contributed by atoms with Crippen molar-refractivity contribution in [3.05, 3.63) is 72.9 Å². The molecule has 0 aliphatic heterocycles. The number of allylic oxidation sites excluding steroid dienone is 12. The Morgan fingerprint density at radius 3 is 1.30 bits per heavy atom. The minimum Gasteiger partial charge on any atom is -0.480 e. The van der Waals surface area contributed by atoms with Crippen molar-refractivity contribution in [3.63, 3.8) is 0 Å². The van der Waals surface area contributed by atoms with Crippen LogP contribution in [0.1, 0.15) is 206 Å². The Balaban J connectivity index is 3.90. The zero-order chi connectivity index (χ0) is 47.0. The van der Waals surface area contributed by atoms with E-state index in [2.05, 4.69) is 92.1 Å². The molecule has 368 valence electrons. The fourth-order valence-electron chi connectivity index (χ4n) is 6.56. The van der Waals surface area contributed by atoms with E-state index in [9.17, 15) is 34.1 Å². The molecular weight excluding hydrogens is 830 g/mol. The topological polar surface area (TPSA) is 169 Å². The highest BCUT2D eigenvalue weighted by Gasteiger charge is 2.28. The molecule has 0 spiro atoms. The quantitative estimate of drug-likeness (QED) is 0.0200. The van der Waals surface area contributed by atoms with Gasteiger partial charge in [0.05, 0.1) is 13.2 Å². The predicted octanol–water partition coefficient (Wildman–Crippen LogP) is 13.7. The molecule has 3 atom stereocenters. The largest absolute Gasteiger partial charge is 0.480 e. The van der Waals surface area contributed by atoms with Gasteiger partial charge in [-0.05, 0) is 89.9 Å². The molecule has 0 saturated carbocycles. The van der Waals surface area contributed by atoms with Crippen LogP contribution >= 0.6 is 7.82 Å². The van der Waals surface area contributed by atoms with Crippen molar-refractivity contribution < 1.29 is 47.8 Å². The summed E-state index contributed by atoms with van der Waals surface area (Å²) < 4.78 is 26.9. The predicted molar refractivity (Wildman–Crippen MR) is 263 cm³/mol. The third-order valence-corrected chi connectivity index (χ3v) is 11.4. The summed E-state index contributed by atoms with van der Waals surface area (Å²) in [6.07, 6.45) is 56.3. The van der Waals surface area contributed by atoms with Crippen LogP contribution in [0.25, 0.3) is 0 Å². The number of ether oxygens (including phenoxy) is 1. The van der Waals surface area contributed by atoms with Gasteiger partial charge in [0.25, 0.3) is 0 Å². The molecule has 0 aromatic rings. The maximum Gasteiger partial charge on any atom is 0.472 e. The number of amides is 1. The molecule has 0 aromatic heterocycles. The minimum atomic E-state index is -4.77. The van der Waals surface area contributed by atoms with E-state index in [4.69, 9.17) is 13.8 Å². The van der Waals surface area contributed by atoms with Crippen molar-refractivity contribution in [1.29, 1.82) is 0 Å². The summed E-state index contributed by atoms with van der Waals surface area (Å²) in [5.74, 6) is -2.42. The monoisotopic (exact) mass is 920 g/mol. The Morgan fingerprint density at radius 2 is 0.859 bits per heavy atom. The summed E-state index contributed by atoms with van der Waals surface area (Å²) in [5.41, 5.74) is 0. The van der Waals surface area contributed by atoms with Gasteiger partial charge < -0.3 is 25.2 Å². The van der Waals surface area contributed by atoms with E-state index in [1.807, 2.05) is 0 Å². The van der Waals surface area contributed by atoms with Crippen LogP contribution in [0.15, 0.2) is 72.9 Å². The van der Waals surface area contributed by atoms with Gasteiger partial charge in [0, 0.05) is 12.8 Å². The van der Waals surface area contributed by atoms with Crippen molar-refractivity contribution in [1.82, 2.24) is 5.32 Å². The van der Waals surface area contributed by atoms with Crippen LogP contribution in [0.3, 0.4) is 0 Å². The first-order valence-corrected chi connectivity index (χ1v) is 26.5. The van der Waals surface area contributed by atoms with Crippen molar-refractivity contribution >= 4 is 25.7 Å². The van der Waals surface area contributed by atoms with E-state index in [0.29, 0.717) is 12.8 Å². The Hall–Kier alpha value is -3.08. The highest BCUT2D eigenvalue weighted by atomic mass is 31.2. The standard InChI is InChI=1S/C52H90NO10P/c1-3-5-7-9-11-13-15-17-19-21-23-24-26-28-30-32-34-36-38-40-42-44-51(56)61-45-48(54)46-62-64(59,60)63-47-49(52(57)58)53-50(55)43-41-39-37-35-33-31-29-27-25-22-20-18-16-14-12-10-8-6-4-2/h11-14,17-20,25,27,31,33,48-49,54H,3-10,15-16,21-24,26,28-30,32,34-47H2,1-2H3,(H,53,55)(H,57,58)(H,59,60)/b13-11-,14-12-,19-17-,20-18-,27-25-,33-31-. The number of esters is 1. The number of aliphatic hydroxyl groups excluding tert-OH is 1. The minimum absolute atomic E-state index is 0.105. The molecule has 12 heteroatoms. The lowest BCUT2D eigenvalue weighted by atomic mass is 10.0. The molecule has 3 unspecified atom stereocenters. The molecule has 0 aliphatic rings. The maximum atomic E-state index is 12.3. The zero-order valence-electron chi connectivity index (χ0n) is 40.1. The number of hydrogen-bond acceptors (Lipinski definition) is 8. The average molecular weight is 920 g/mol. The molecule has 0 saturated heterocycles. The zero-order valence-corrected chi connectivity index (χ0v) is 41.0. The van der Waals surface area contributed by atoms with Crippen LogP contribution in [-0.2, 0) is 32.7 Å². The Labute approximate surface area is 389 Å². The van der Waals surface area contributed by atoms with E-state index in [-0.39, 0.29) is 12.8 Å². The first kappa shape index (κ1) is 60.9. The van der Waals surface area contributed by atoms with Gasteiger partial charge >= 0.3 is 19.8 Å². The second-order valence-corrected chi connectivity index (χ2v) is 18.1. The fraction of sp³-hybridized carbons (Fsp3) is 0.712. The molecule has 0 radical (unpaired) electrons. The van der Waals surface area contributed by atoms with E-state index in [0.717, 1.165) is 64.2 Å². The van der Waals surface area contributed by atoms with Gasteiger partial charge in [-0.15, -0.1) is 0 Å². The molecule has 0 rings (SSSR count). The highest BCUT2D eigenvalue weighted by molar-refractivity contribution is 7.47. The molecule has 0 heterocycles. The Kier molecular flexibility index (Phi) is 44.2. The molecule has 1 amide bonds. The van der Waals surface area contributed by atoms with Gasteiger partial charge in [-0.25, -0.2) is 9.36 Å². The number of phosphoric ester groups is 1. The van der Waals surface area contributed by atoms with Gasteiger partial charge in [0.2, 0.25) is 5.91 Å². The summed E-state index contributed by atoms with van der Waals surface area (Å²) in [6, 6.07) is -1.57. The Bertz CT molecular complexity index is 1360. The third kappa shape index (κ3) is 45.5. The molecule has 0 aliphatic carbocycles. The fourth-order valence-corrected chi connectivity index (χ4v) is 7.34. The summed E-state index contributed by atoms with van der Waals surface area (Å²) in [5, 5.41) is 21.9. The number of aliphatic carboxylic acids is 1. The van der Waals surface area contributed by atoms with Gasteiger partial charge in [-0.3, -0.25) is 18.6 Å². The second-order valence-electron chi connectivity index (χ2n) is 16.6. The number of carboxylic acid groups (broad SMARTS) is 1. The van der Waals surface area contributed by atoms with Crippen molar-refractivity contribution in [2.75, 3.05) is 19.8 Å². The molecular formula is C52H90NO10P. The van der Waals surface area contributed by atoms with Crippen LogP contribution in [0.4, 0.5) is 0 Å². The number of carbonyl (C=O) groups is 3. The number of carbonyl (C=O) groups excluding carboxylic acids is 2. The molecule has 0 aromatic carbocycles. The first-order valence-electron chi connectivity index (χ1n) is 25.0. The summed E-state index contributed by atoms with van der Waals surface area (Å²) >= 11 is 0. The number of carboxylic acids is 1. The number of aliphatic hydroxyl groups is 1. The SMILES string of the molecule is CCCCC/C=C\C/C=C\C/C=C\C/C=C\CCCCCC(=O)NC(COP(=O)(O)OCC(O)COC(=O)CCCCCCCCCCCCC/C=C\C/C=C\CCCCC)C(=O)O. The summed E-state index contributed by atoms with van der Waals surface area (Å²) in [4.78, 5) is 46.1. The lowest BCUT2D eigenvalue weighted by Gasteiger charge is -2.18. The van der Waals surface area contributed by atoms with Crippen LogP contribution in [0.5, 0.6) is 0 Å². The molecule has 0 bridgehead atoms. The molecule has 4 N–H and O–H groups in total. The van der Waals surface area contributed by atoms with Gasteiger partial charge in [0.15, 0.2) is 6.04 Å². The van der Waals surface area contributed by atoms with Gasteiger partial charge in [0.1, 0.15) is 12.7 Å². The summed E-state index contributed by atoms with van der Waals surface area (Å²) in [7, 11) is -4.77. The van der Waals surface area contributed by atoms with Crippen LogP contribution in [0.2, 0.25) is 0 Å². The van der Waals surface area contributed by atoms with Crippen LogP contribution in [-0.4, -0.2) is 64.9 Å². The normalized spacial score (nSPS) is 14.2. The number of rotatable bonds is 46. The van der Waals surface area contributed by atoms with Crippen LogP contribution in [0, 0.1) is 0 Å². The number of nitrogens with one attached hydrogen (secondary N) is 1. The average Bonchev–Trinajstić information content (AvgIpc) is 3.27. The van der Waals surface area contributed by atoms with E-state index in [1.54, 1.807) is 0 Å². The van der Waals surface area contributed by atoms with Gasteiger partial charge in [-0.1, -0.05) is 177 Å². The van der Waals surface area contributed by atoms with Crippen molar-refractivity contribution in [3.8, 4) is 0 Å². The summed E-state index contributed by atoms with van der Waals surface area (Å²) in [6.45, 7) is 2.53. The molecule has 64 heavy (non-hydrogen) atoms.